The lowest BCUT2D eigenvalue weighted by Gasteiger charge is -2.08. The van der Waals surface area contributed by atoms with Gasteiger partial charge in [0.2, 0.25) is 5.75 Å². The first-order chi connectivity index (χ1) is 22.5. The highest BCUT2D eigenvalue weighted by molar-refractivity contribution is 5.72. The summed E-state index contributed by atoms with van der Waals surface area (Å²) < 4.78 is 94.3. The lowest BCUT2D eigenvalue weighted by molar-refractivity contribution is -0.136. The highest BCUT2D eigenvalue weighted by Crippen LogP contribution is 2.23. The van der Waals surface area contributed by atoms with Gasteiger partial charge in [-0.3, -0.25) is 4.79 Å². The van der Waals surface area contributed by atoms with Crippen molar-refractivity contribution in [3.63, 3.8) is 0 Å². The Kier molecular flexibility index (Phi) is 22.6. The Labute approximate surface area is 266 Å². The molecule has 14 nitrogen and oxygen atoms in total. The third-order valence-corrected chi connectivity index (χ3v) is 5.59. The SMILES string of the molecule is COCCOCCOCCOCCOCc1cn(CCOCCOCCOCCOCCC(=O)Oc2c(F)cc(F)cc2F)nn1. The quantitative estimate of drug-likeness (QED) is 0.0682. The summed E-state index contributed by atoms with van der Waals surface area (Å²) in [7, 11) is 1.63. The van der Waals surface area contributed by atoms with Crippen molar-refractivity contribution in [2.24, 2.45) is 0 Å². The number of halogens is 3. The molecule has 1 aromatic heterocycles. The minimum atomic E-state index is -1.30. The van der Waals surface area contributed by atoms with Crippen LogP contribution in [0.1, 0.15) is 12.1 Å². The van der Waals surface area contributed by atoms with Gasteiger partial charge >= 0.3 is 5.97 Å². The van der Waals surface area contributed by atoms with Gasteiger partial charge in [-0.25, -0.2) is 17.9 Å². The molecule has 17 heteroatoms. The summed E-state index contributed by atoms with van der Waals surface area (Å²) in [5.74, 6) is -5.57. The molecule has 0 fully saturated rings. The van der Waals surface area contributed by atoms with Crippen LogP contribution in [0.2, 0.25) is 0 Å². The van der Waals surface area contributed by atoms with Crippen LogP contribution in [0.4, 0.5) is 13.2 Å². The van der Waals surface area contributed by atoms with E-state index in [2.05, 4.69) is 15.0 Å². The smallest absolute Gasteiger partial charge is 0.313 e. The summed E-state index contributed by atoms with van der Waals surface area (Å²) >= 11 is 0. The first kappa shape index (κ1) is 39.4. The molecule has 0 N–H and O–H groups in total. The van der Waals surface area contributed by atoms with Gasteiger partial charge in [0.1, 0.15) is 11.5 Å². The number of rotatable bonds is 30. The van der Waals surface area contributed by atoms with Crippen LogP contribution >= 0.6 is 0 Å². The van der Waals surface area contributed by atoms with E-state index in [0.29, 0.717) is 117 Å². The monoisotopic (exact) mass is 667 g/mol. The Balaban J connectivity index is 1.31. The highest BCUT2D eigenvalue weighted by Gasteiger charge is 2.16. The van der Waals surface area contributed by atoms with Gasteiger partial charge in [-0.05, 0) is 0 Å². The van der Waals surface area contributed by atoms with Crippen molar-refractivity contribution in [1.82, 2.24) is 15.0 Å². The summed E-state index contributed by atoms with van der Waals surface area (Å²) in [5, 5.41) is 8.12. The van der Waals surface area contributed by atoms with Crippen LogP contribution in [0, 0.1) is 17.5 Å². The minimum Gasteiger partial charge on any atom is -0.420 e. The van der Waals surface area contributed by atoms with Crippen molar-refractivity contribution < 1.29 is 65.3 Å². The second-order valence-electron chi connectivity index (χ2n) is 9.23. The molecule has 0 aliphatic heterocycles. The summed E-state index contributed by atoms with van der Waals surface area (Å²) in [6.45, 7) is 7.26. The number of hydrogen-bond donors (Lipinski definition) is 0. The number of benzene rings is 1. The number of ether oxygens (including phenoxy) is 10. The van der Waals surface area contributed by atoms with E-state index in [9.17, 15) is 18.0 Å². The highest BCUT2D eigenvalue weighted by atomic mass is 19.1. The first-order valence-corrected chi connectivity index (χ1v) is 14.8. The molecule has 1 aromatic carbocycles. The number of carbonyl (C=O) groups is 1. The maximum atomic E-state index is 13.5. The summed E-state index contributed by atoms with van der Waals surface area (Å²) in [6.07, 6.45) is 1.56. The molecule has 0 saturated carbocycles. The zero-order valence-corrected chi connectivity index (χ0v) is 26.1. The predicted octanol–water partition coefficient (Wildman–Crippen LogP) is 1.97. The maximum Gasteiger partial charge on any atom is 0.313 e. The van der Waals surface area contributed by atoms with Crippen molar-refractivity contribution in [3.8, 4) is 5.75 Å². The molecule has 0 unspecified atom stereocenters. The van der Waals surface area contributed by atoms with Crippen LogP contribution in [0.15, 0.2) is 18.3 Å². The first-order valence-electron chi connectivity index (χ1n) is 14.8. The standard InChI is InChI=1S/C29H44F3N3O11/c1-37-6-7-40-12-13-43-16-17-44-18-19-45-23-25-22-35(34-33-25)3-5-39-9-11-42-15-14-41-10-8-38-4-2-28(36)46-29-26(31)20-24(30)21-27(29)32/h20-22H,2-19,23H2,1H3. The zero-order chi connectivity index (χ0) is 33.1. The maximum absolute atomic E-state index is 13.5. The van der Waals surface area contributed by atoms with Crippen molar-refractivity contribution in [1.29, 1.82) is 0 Å². The molecule has 2 rings (SSSR count). The van der Waals surface area contributed by atoms with E-state index < -0.39 is 29.2 Å². The fourth-order valence-electron chi connectivity index (χ4n) is 3.36. The zero-order valence-electron chi connectivity index (χ0n) is 26.1. The third-order valence-electron chi connectivity index (χ3n) is 5.59. The van der Waals surface area contributed by atoms with Gasteiger partial charge < -0.3 is 47.4 Å². The van der Waals surface area contributed by atoms with Crippen LogP contribution in [0.5, 0.6) is 5.75 Å². The topological polar surface area (TPSA) is 140 Å². The Bertz CT molecular complexity index is 1050. The van der Waals surface area contributed by atoms with Gasteiger partial charge in [-0.15, -0.1) is 5.10 Å². The van der Waals surface area contributed by atoms with Gasteiger partial charge in [-0.2, -0.15) is 0 Å². The van der Waals surface area contributed by atoms with Crippen LogP contribution in [0.25, 0.3) is 0 Å². The average Bonchev–Trinajstić information content (AvgIpc) is 3.48. The van der Waals surface area contributed by atoms with Gasteiger partial charge in [0.25, 0.3) is 0 Å². The Morgan fingerprint density at radius 3 is 1.63 bits per heavy atom. The molecule has 0 atom stereocenters. The van der Waals surface area contributed by atoms with Crippen molar-refractivity contribution >= 4 is 5.97 Å². The molecule has 2 aromatic rings. The van der Waals surface area contributed by atoms with Crippen LogP contribution in [-0.2, 0) is 60.6 Å². The minimum absolute atomic E-state index is 0.0372. The molecule has 0 aliphatic carbocycles. The van der Waals surface area contributed by atoms with Gasteiger partial charge in [0.05, 0.1) is 131 Å². The number of hydrogen-bond acceptors (Lipinski definition) is 13. The number of aromatic nitrogens is 3. The average molecular weight is 668 g/mol. The van der Waals surface area contributed by atoms with Crippen LogP contribution in [0.3, 0.4) is 0 Å². The van der Waals surface area contributed by atoms with E-state index in [1.165, 1.54) is 0 Å². The summed E-state index contributed by atoms with van der Waals surface area (Å²) in [4.78, 5) is 11.7. The largest absolute Gasteiger partial charge is 0.420 e. The van der Waals surface area contributed by atoms with E-state index in [-0.39, 0.29) is 26.2 Å². The molecule has 0 aliphatic rings. The normalized spacial score (nSPS) is 11.4. The second kappa shape index (κ2) is 26.3. The summed E-state index contributed by atoms with van der Waals surface area (Å²) in [5.41, 5.74) is 0.711. The number of nitrogens with zero attached hydrogens (tertiary/aromatic N) is 3. The van der Waals surface area contributed by atoms with Crippen molar-refractivity contribution in [3.05, 3.63) is 41.5 Å². The lowest BCUT2D eigenvalue weighted by atomic mass is 10.3. The molecule has 1 heterocycles. The van der Waals surface area contributed by atoms with Crippen LogP contribution in [-0.4, -0.2) is 134 Å². The van der Waals surface area contributed by atoms with E-state index in [1.807, 2.05) is 0 Å². The number of methoxy groups -OCH3 is 1. The van der Waals surface area contributed by atoms with E-state index in [4.69, 9.17) is 42.6 Å². The van der Waals surface area contributed by atoms with Crippen molar-refractivity contribution in [2.45, 2.75) is 19.6 Å². The van der Waals surface area contributed by atoms with E-state index >= 15 is 0 Å². The molecule has 0 radical (unpaired) electrons. The summed E-state index contributed by atoms with van der Waals surface area (Å²) in [6, 6.07) is 0.850. The van der Waals surface area contributed by atoms with Gasteiger partial charge in [-0.1, -0.05) is 5.21 Å². The fourth-order valence-corrected chi connectivity index (χ4v) is 3.36. The number of esters is 1. The van der Waals surface area contributed by atoms with Crippen LogP contribution < -0.4 is 4.74 Å². The van der Waals surface area contributed by atoms with E-state index in [1.54, 1.807) is 18.0 Å². The molecule has 0 amide bonds. The van der Waals surface area contributed by atoms with Crippen molar-refractivity contribution in [2.75, 3.05) is 113 Å². The molecular formula is C29H44F3N3O11. The Morgan fingerprint density at radius 1 is 0.652 bits per heavy atom. The Hall–Kier alpha value is -2.74. The molecule has 46 heavy (non-hydrogen) atoms. The molecule has 0 bridgehead atoms. The third kappa shape index (κ3) is 19.7. The second-order valence-corrected chi connectivity index (χ2v) is 9.23. The molecule has 262 valence electrons. The predicted molar refractivity (Wildman–Crippen MR) is 154 cm³/mol. The van der Waals surface area contributed by atoms with Gasteiger partial charge in [0, 0.05) is 19.2 Å². The van der Waals surface area contributed by atoms with Gasteiger partial charge in [0.15, 0.2) is 11.6 Å². The molecule has 0 saturated heterocycles. The lowest BCUT2D eigenvalue weighted by Crippen LogP contribution is -2.15. The fraction of sp³-hybridized carbons (Fsp3) is 0.690. The Morgan fingerprint density at radius 2 is 1.11 bits per heavy atom. The van der Waals surface area contributed by atoms with E-state index in [0.717, 1.165) is 0 Å². The molecule has 0 spiro atoms. The number of carbonyl (C=O) groups excluding carboxylic acids is 1. The molecular weight excluding hydrogens is 623 g/mol.